The van der Waals surface area contributed by atoms with Crippen molar-refractivity contribution in [3.63, 3.8) is 0 Å². The van der Waals surface area contributed by atoms with Gasteiger partial charge in [0, 0.05) is 13.1 Å². The molecule has 0 aromatic rings. The van der Waals surface area contributed by atoms with Gasteiger partial charge in [0.25, 0.3) is 0 Å². The first-order valence-electron chi connectivity index (χ1n) is 3.28. The summed E-state index contributed by atoms with van der Waals surface area (Å²) in [6.45, 7) is 4.84. The summed E-state index contributed by atoms with van der Waals surface area (Å²) in [7, 11) is 1.67. The average molecular weight is 359 g/mol. The van der Waals surface area contributed by atoms with E-state index in [4.69, 9.17) is 14.6 Å². The average Bonchev–Trinajstić information content (AvgIpc) is 1.87. The number of carboxylic acid groups (broad SMARTS) is 1. The Morgan fingerprint density at radius 3 is 2.08 bits per heavy atom. The van der Waals surface area contributed by atoms with E-state index < -0.39 is 5.97 Å². The van der Waals surface area contributed by atoms with Crippen LogP contribution in [-0.2, 0) is 37.2 Å². The number of hydrogen-bond acceptors (Lipinski definition) is 3. The van der Waals surface area contributed by atoms with Gasteiger partial charge in [-0.05, 0) is 26.8 Å². The summed E-state index contributed by atoms with van der Waals surface area (Å²) in [5.74, 6) is -1.08. The summed E-state index contributed by atoms with van der Waals surface area (Å²) in [6, 6.07) is 0. The number of ether oxygens (including phenoxy) is 1. The SMILES string of the molecule is CC(=O)[O-].CC=[C][C@@H](C)OC.[Hg+]. The molecule has 0 N–H and O–H groups in total. The summed E-state index contributed by atoms with van der Waals surface area (Å²) in [5, 5.41) is 8.89. The molecule has 0 aromatic carbocycles. The molecule has 3 nitrogen and oxygen atoms in total. The summed E-state index contributed by atoms with van der Waals surface area (Å²) >= 11 is 0. The normalized spacial score (nSPS) is 11.0. The minimum absolute atomic E-state index is 0. The van der Waals surface area contributed by atoms with E-state index in [1.807, 2.05) is 19.9 Å². The molecule has 1 atom stereocenters. The van der Waals surface area contributed by atoms with Gasteiger partial charge in [-0.3, -0.25) is 0 Å². The summed E-state index contributed by atoms with van der Waals surface area (Å²) in [5.41, 5.74) is 0. The zero-order valence-electron chi connectivity index (χ0n) is 8.09. The van der Waals surface area contributed by atoms with Crippen LogP contribution in [0.3, 0.4) is 0 Å². The van der Waals surface area contributed by atoms with E-state index in [-0.39, 0.29) is 33.8 Å². The van der Waals surface area contributed by atoms with Crippen LogP contribution in [0.15, 0.2) is 6.08 Å². The van der Waals surface area contributed by atoms with Crippen molar-refractivity contribution in [2.45, 2.75) is 26.9 Å². The van der Waals surface area contributed by atoms with Crippen LogP contribution in [0.1, 0.15) is 20.8 Å². The quantitative estimate of drug-likeness (QED) is 0.661. The number of methoxy groups -OCH3 is 1. The van der Waals surface area contributed by atoms with Gasteiger partial charge in [-0.15, -0.1) is 0 Å². The molecule has 0 aromatic heterocycles. The van der Waals surface area contributed by atoms with Crippen molar-refractivity contribution >= 4 is 5.97 Å². The molecule has 0 aliphatic carbocycles. The second-order valence-corrected chi connectivity index (χ2v) is 1.82. The fourth-order valence-corrected chi connectivity index (χ4v) is 0.303. The molecule has 0 aliphatic heterocycles. The zero-order valence-corrected chi connectivity index (χ0v) is 13.6. The zero-order chi connectivity index (χ0) is 9.28. The third-order valence-corrected chi connectivity index (χ3v) is 0.755. The van der Waals surface area contributed by atoms with E-state index >= 15 is 0 Å². The summed E-state index contributed by atoms with van der Waals surface area (Å²) < 4.78 is 4.85. The largest absolute Gasteiger partial charge is 1.00 e. The Balaban J connectivity index is -0.000000142. The third kappa shape index (κ3) is 32.1. The van der Waals surface area contributed by atoms with Crippen molar-refractivity contribution in [1.29, 1.82) is 0 Å². The second kappa shape index (κ2) is 13.7. The van der Waals surface area contributed by atoms with Gasteiger partial charge in [0.05, 0.1) is 6.10 Å². The number of allylic oxidation sites excluding steroid dienone is 1. The standard InChI is InChI=1S/C6H11O.C2H4O2.Hg/c1-4-5-6(2)7-3;1-2(3)4;/h4,6H,1-3H3;1H3,(H,3,4);/q;;+1/p-1/t6-;;/m1../s1. The van der Waals surface area contributed by atoms with Crippen LogP contribution in [0.5, 0.6) is 0 Å². The van der Waals surface area contributed by atoms with Crippen LogP contribution in [0.25, 0.3) is 0 Å². The Morgan fingerprint density at radius 1 is 1.67 bits per heavy atom. The van der Waals surface area contributed by atoms with Gasteiger partial charge in [-0.25, -0.2) is 0 Å². The van der Waals surface area contributed by atoms with Crippen LogP contribution in [-0.4, -0.2) is 19.2 Å². The molecule has 0 amide bonds. The number of aliphatic carboxylic acids is 1. The molecule has 0 spiro atoms. The van der Waals surface area contributed by atoms with Gasteiger partial charge >= 0.3 is 27.7 Å². The molecule has 4 heteroatoms. The van der Waals surface area contributed by atoms with Gasteiger partial charge in [0.15, 0.2) is 0 Å². The molecule has 0 heterocycles. The maximum Gasteiger partial charge on any atom is 1.00 e. The maximum absolute atomic E-state index is 8.89. The number of carbonyl (C=O) groups is 1. The van der Waals surface area contributed by atoms with Crippen LogP contribution < -0.4 is 5.11 Å². The Hall–Kier alpha value is 0.105. The molecule has 0 saturated heterocycles. The number of rotatable bonds is 2. The summed E-state index contributed by atoms with van der Waals surface area (Å²) in [6.07, 6.45) is 4.95. The van der Waals surface area contributed by atoms with Gasteiger partial charge in [-0.2, -0.15) is 0 Å². The predicted octanol–water partition coefficient (Wildman–Crippen LogP) is 0.154. The minimum atomic E-state index is -1.08. The van der Waals surface area contributed by atoms with Crippen LogP contribution in [0, 0.1) is 6.08 Å². The Bertz CT molecular complexity index is 119. The fourth-order valence-electron chi connectivity index (χ4n) is 0.303. The van der Waals surface area contributed by atoms with Crippen molar-refractivity contribution in [2.24, 2.45) is 0 Å². The Kier molecular flexibility index (Phi) is 20.5. The molecule has 0 rings (SSSR count). The number of carboxylic acids is 1. The first-order valence-corrected chi connectivity index (χ1v) is 3.28. The van der Waals surface area contributed by atoms with Gasteiger partial charge in [0.1, 0.15) is 0 Å². The topological polar surface area (TPSA) is 49.4 Å². The van der Waals surface area contributed by atoms with E-state index in [1.165, 1.54) is 0 Å². The van der Waals surface area contributed by atoms with E-state index in [2.05, 4.69) is 6.08 Å². The molecule has 0 bridgehead atoms. The second-order valence-electron chi connectivity index (χ2n) is 1.82. The van der Waals surface area contributed by atoms with Crippen molar-refractivity contribution in [3.05, 3.63) is 12.2 Å². The molecular weight excluding hydrogens is 345 g/mol. The molecule has 0 unspecified atom stereocenters. The van der Waals surface area contributed by atoms with Crippen molar-refractivity contribution in [1.82, 2.24) is 0 Å². The monoisotopic (exact) mass is 360 g/mol. The first kappa shape index (κ1) is 18.0. The first-order chi connectivity index (χ1) is 5.04. The van der Waals surface area contributed by atoms with Gasteiger partial charge in [0.2, 0.25) is 0 Å². The minimum Gasteiger partial charge on any atom is -0.550 e. The van der Waals surface area contributed by atoms with Crippen LogP contribution >= 0.6 is 0 Å². The van der Waals surface area contributed by atoms with E-state index in [0.717, 1.165) is 6.92 Å². The number of carbonyl (C=O) groups excluding carboxylic acids is 1. The van der Waals surface area contributed by atoms with Crippen molar-refractivity contribution in [3.8, 4) is 0 Å². The number of hydrogen-bond donors (Lipinski definition) is 0. The molecule has 0 fully saturated rings. The van der Waals surface area contributed by atoms with Crippen molar-refractivity contribution < 1.29 is 42.3 Å². The van der Waals surface area contributed by atoms with Crippen molar-refractivity contribution in [2.75, 3.05) is 7.11 Å². The molecule has 0 aliphatic rings. The van der Waals surface area contributed by atoms with Crippen LogP contribution in [0.4, 0.5) is 0 Å². The summed E-state index contributed by atoms with van der Waals surface area (Å²) in [4.78, 5) is 8.89. The van der Waals surface area contributed by atoms with E-state index in [9.17, 15) is 0 Å². The maximum atomic E-state index is 8.89. The predicted molar refractivity (Wildman–Crippen MR) is 40.6 cm³/mol. The van der Waals surface area contributed by atoms with Crippen LogP contribution in [0.2, 0.25) is 0 Å². The molecule has 12 heavy (non-hydrogen) atoms. The molecule has 66 valence electrons. The van der Waals surface area contributed by atoms with E-state index in [1.54, 1.807) is 7.11 Å². The Labute approximate surface area is 94.3 Å². The molecule has 2 radical (unpaired) electrons. The molecular formula is C8H14HgO3. The molecule has 0 saturated carbocycles. The van der Waals surface area contributed by atoms with Gasteiger partial charge in [-0.1, -0.05) is 6.08 Å². The van der Waals surface area contributed by atoms with Gasteiger partial charge < -0.3 is 14.6 Å². The fraction of sp³-hybridized carbons (Fsp3) is 0.625. The van der Waals surface area contributed by atoms with E-state index in [0.29, 0.717) is 0 Å². The smallest absolute Gasteiger partial charge is 0.550 e. The third-order valence-electron chi connectivity index (χ3n) is 0.755. The Morgan fingerprint density at radius 2 is 2.00 bits per heavy atom.